The van der Waals surface area contributed by atoms with E-state index in [9.17, 15) is 10.2 Å². The minimum Gasteiger partial charge on any atom is -0.393 e. The maximum atomic E-state index is 9.41. The first kappa shape index (κ1) is 11.8. The molecule has 1 saturated heterocycles. The Kier molecular flexibility index (Phi) is 3.43. The Morgan fingerprint density at radius 3 is 1.86 bits per heavy atom. The van der Waals surface area contributed by atoms with Crippen molar-refractivity contribution in [1.29, 1.82) is 0 Å². The van der Waals surface area contributed by atoms with Gasteiger partial charge in [0.25, 0.3) is 0 Å². The molecule has 84 valence electrons. The minimum atomic E-state index is -1.85. The molecule has 6 N–H and O–H groups in total. The van der Waals surface area contributed by atoms with Crippen LogP contribution in [0.15, 0.2) is 0 Å². The Labute approximate surface area is 79.8 Å². The number of aliphatic hydroxyl groups excluding tert-OH is 6. The molecule has 7 heteroatoms. The Morgan fingerprint density at radius 2 is 1.43 bits per heavy atom. The lowest BCUT2D eigenvalue weighted by Crippen LogP contribution is -2.67. The van der Waals surface area contributed by atoms with Crippen molar-refractivity contribution in [2.24, 2.45) is 0 Å². The minimum absolute atomic E-state index is 0.786. The lowest BCUT2D eigenvalue weighted by atomic mass is 9.88. The Morgan fingerprint density at radius 1 is 0.929 bits per heavy atom. The molecule has 0 radical (unpaired) electrons. The van der Waals surface area contributed by atoms with Gasteiger partial charge >= 0.3 is 0 Å². The van der Waals surface area contributed by atoms with E-state index in [1.165, 1.54) is 0 Å². The monoisotopic (exact) mass is 210 g/mol. The van der Waals surface area contributed by atoms with Crippen LogP contribution in [-0.4, -0.2) is 74.1 Å². The van der Waals surface area contributed by atoms with Gasteiger partial charge in [-0.15, -0.1) is 0 Å². The SMILES string of the molecule is OCC1(CO)O[C@@H](O)[C@H](O)[C@@H](O)[C@H]1O. The van der Waals surface area contributed by atoms with Crippen LogP contribution in [0, 0.1) is 0 Å². The van der Waals surface area contributed by atoms with Crippen LogP contribution in [0.3, 0.4) is 0 Å². The number of rotatable bonds is 2. The van der Waals surface area contributed by atoms with Crippen LogP contribution in [0.5, 0.6) is 0 Å². The van der Waals surface area contributed by atoms with E-state index < -0.39 is 43.4 Å². The topological polar surface area (TPSA) is 131 Å². The second-order valence-electron chi connectivity index (χ2n) is 3.32. The molecular formula is C7H14O7. The van der Waals surface area contributed by atoms with Gasteiger partial charge in [0, 0.05) is 0 Å². The summed E-state index contributed by atoms with van der Waals surface area (Å²) in [4.78, 5) is 0. The van der Waals surface area contributed by atoms with E-state index in [4.69, 9.17) is 20.4 Å². The Hall–Kier alpha value is -0.280. The zero-order chi connectivity index (χ0) is 10.9. The largest absolute Gasteiger partial charge is 0.393 e. The Bertz CT molecular complexity index is 192. The predicted molar refractivity (Wildman–Crippen MR) is 42.0 cm³/mol. The molecule has 7 nitrogen and oxygen atoms in total. The van der Waals surface area contributed by atoms with Crippen molar-refractivity contribution in [3.63, 3.8) is 0 Å². The van der Waals surface area contributed by atoms with Gasteiger partial charge in [-0.25, -0.2) is 0 Å². The van der Waals surface area contributed by atoms with Gasteiger partial charge in [0.2, 0.25) is 0 Å². The summed E-state index contributed by atoms with van der Waals surface area (Å²) >= 11 is 0. The maximum Gasteiger partial charge on any atom is 0.184 e. The van der Waals surface area contributed by atoms with Crippen molar-refractivity contribution >= 4 is 0 Å². The molecule has 14 heavy (non-hydrogen) atoms. The summed E-state index contributed by atoms with van der Waals surface area (Å²) in [6.45, 7) is -1.57. The standard InChI is InChI=1S/C7H14O7/c8-1-7(2-9)5(12)3(10)4(11)6(13)14-7/h3-6,8-13H,1-2H2/t3-,4-,5-,6-/m1/s1. The molecule has 1 rings (SSSR count). The van der Waals surface area contributed by atoms with Crippen molar-refractivity contribution in [2.75, 3.05) is 13.2 Å². The van der Waals surface area contributed by atoms with Crippen molar-refractivity contribution in [3.05, 3.63) is 0 Å². The molecule has 1 fully saturated rings. The fourth-order valence-corrected chi connectivity index (χ4v) is 1.36. The van der Waals surface area contributed by atoms with Crippen LogP contribution in [0.1, 0.15) is 0 Å². The van der Waals surface area contributed by atoms with E-state index in [1.807, 2.05) is 0 Å². The first-order valence-electron chi connectivity index (χ1n) is 4.10. The lowest BCUT2D eigenvalue weighted by molar-refractivity contribution is -0.333. The third-order valence-corrected chi connectivity index (χ3v) is 2.40. The zero-order valence-corrected chi connectivity index (χ0v) is 7.32. The highest BCUT2D eigenvalue weighted by molar-refractivity contribution is 4.99. The first-order chi connectivity index (χ1) is 6.48. The molecule has 0 aliphatic carbocycles. The van der Waals surface area contributed by atoms with Crippen LogP contribution in [0.25, 0.3) is 0 Å². The zero-order valence-electron chi connectivity index (χ0n) is 7.32. The van der Waals surface area contributed by atoms with Gasteiger partial charge < -0.3 is 35.4 Å². The first-order valence-corrected chi connectivity index (χ1v) is 4.10. The van der Waals surface area contributed by atoms with Crippen LogP contribution in [-0.2, 0) is 4.74 Å². The van der Waals surface area contributed by atoms with Gasteiger partial charge in [0.05, 0.1) is 13.2 Å². The van der Waals surface area contributed by atoms with Crippen molar-refractivity contribution in [2.45, 2.75) is 30.2 Å². The Balaban J connectivity index is 2.88. The summed E-state index contributed by atoms with van der Waals surface area (Å²) in [7, 11) is 0. The maximum absolute atomic E-state index is 9.41. The third-order valence-electron chi connectivity index (χ3n) is 2.40. The summed E-state index contributed by atoms with van der Waals surface area (Å²) in [5, 5.41) is 54.6. The molecule has 4 atom stereocenters. The molecule has 0 aromatic carbocycles. The molecule has 1 heterocycles. The molecule has 0 aromatic heterocycles. The fourth-order valence-electron chi connectivity index (χ4n) is 1.36. The van der Waals surface area contributed by atoms with Crippen molar-refractivity contribution < 1.29 is 35.4 Å². The van der Waals surface area contributed by atoms with E-state index in [-0.39, 0.29) is 0 Å². The molecule has 0 saturated carbocycles. The van der Waals surface area contributed by atoms with Crippen LogP contribution in [0.2, 0.25) is 0 Å². The summed E-state index contributed by atoms with van der Waals surface area (Å²) in [6.07, 6.45) is -6.78. The van der Waals surface area contributed by atoms with E-state index >= 15 is 0 Å². The van der Waals surface area contributed by atoms with E-state index in [0.717, 1.165) is 0 Å². The average molecular weight is 210 g/mol. The van der Waals surface area contributed by atoms with Gasteiger partial charge in [-0.3, -0.25) is 0 Å². The highest BCUT2D eigenvalue weighted by Crippen LogP contribution is 2.28. The normalized spacial score (nSPS) is 42.4. The van der Waals surface area contributed by atoms with Gasteiger partial charge in [-0.2, -0.15) is 0 Å². The third kappa shape index (κ3) is 1.63. The number of hydrogen-bond donors (Lipinski definition) is 6. The van der Waals surface area contributed by atoms with Gasteiger partial charge in [-0.1, -0.05) is 0 Å². The van der Waals surface area contributed by atoms with Crippen LogP contribution < -0.4 is 0 Å². The van der Waals surface area contributed by atoms with Gasteiger partial charge in [0.1, 0.15) is 23.9 Å². The predicted octanol–water partition coefficient (Wildman–Crippen LogP) is -3.86. The van der Waals surface area contributed by atoms with E-state index in [2.05, 4.69) is 4.74 Å². The smallest absolute Gasteiger partial charge is 0.184 e. The van der Waals surface area contributed by atoms with Gasteiger partial charge in [-0.05, 0) is 0 Å². The second kappa shape index (κ2) is 4.07. The summed E-state index contributed by atoms with van der Waals surface area (Å²) in [6, 6.07) is 0. The molecule has 0 spiro atoms. The molecule has 1 aliphatic heterocycles. The van der Waals surface area contributed by atoms with E-state index in [0.29, 0.717) is 0 Å². The number of hydrogen-bond acceptors (Lipinski definition) is 7. The molecule has 0 aromatic rings. The molecular weight excluding hydrogens is 196 g/mol. The van der Waals surface area contributed by atoms with Crippen molar-refractivity contribution in [1.82, 2.24) is 0 Å². The summed E-state index contributed by atoms with van der Waals surface area (Å²) < 4.78 is 4.66. The highest BCUT2D eigenvalue weighted by atomic mass is 16.7. The quantitative estimate of drug-likeness (QED) is 0.275. The fraction of sp³-hybridized carbons (Fsp3) is 1.00. The second-order valence-corrected chi connectivity index (χ2v) is 3.32. The summed E-state index contributed by atoms with van der Waals surface area (Å²) in [5.41, 5.74) is -1.85. The highest BCUT2D eigenvalue weighted by Gasteiger charge is 2.52. The van der Waals surface area contributed by atoms with Crippen molar-refractivity contribution in [3.8, 4) is 0 Å². The average Bonchev–Trinajstić information content (AvgIpc) is 2.21. The molecule has 0 unspecified atom stereocenters. The van der Waals surface area contributed by atoms with Gasteiger partial charge in [0.15, 0.2) is 6.29 Å². The lowest BCUT2D eigenvalue weighted by Gasteiger charge is -2.45. The van der Waals surface area contributed by atoms with Crippen LogP contribution in [0.4, 0.5) is 0 Å². The molecule has 0 amide bonds. The summed E-state index contributed by atoms with van der Waals surface area (Å²) in [5.74, 6) is 0. The molecule has 0 bridgehead atoms. The number of aliphatic hydroxyl groups is 6. The van der Waals surface area contributed by atoms with Crippen LogP contribution >= 0.6 is 0 Å². The number of ether oxygens (including phenoxy) is 1. The van der Waals surface area contributed by atoms with E-state index in [1.54, 1.807) is 0 Å². The molecule has 1 aliphatic rings.